The molecular weight excluding hydrogens is 246 g/mol. The molecule has 0 radical (unpaired) electrons. The summed E-state index contributed by atoms with van der Waals surface area (Å²) >= 11 is 1.12. The van der Waals surface area contributed by atoms with Gasteiger partial charge in [0.05, 0.1) is 6.42 Å². The van der Waals surface area contributed by atoms with Gasteiger partial charge >= 0.3 is 5.97 Å². The van der Waals surface area contributed by atoms with E-state index < -0.39 is 23.0 Å². The fourth-order valence-corrected chi connectivity index (χ4v) is 2.60. The Morgan fingerprint density at radius 2 is 2.12 bits per heavy atom. The first-order valence-electron chi connectivity index (χ1n) is 5.24. The van der Waals surface area contributed by atoms with Gasteiger partial charge in [0, 0.05) is 10.3 Å². The number of rotatable bonds is 4. The number of thioether (sulfide) groups is 1. The Balaban J connectivity index is 2.45. The zero-order chi connectivity index (χ0) is 12.6. The first-order chi connectivity index (χ1) is 7.98. The summed E-state index contributed by atoms with van der Waals surface area (Å²) in [6.45, 7) is 0. The van der Waals surface area contributed by atoms with Gasteiger partial charge in [-0.1, -0.05) is 0 Å². The molecule has 5 heteroatoms. The normalized spacial score (nSPS) is 16.9. The second-order valence-corrected chi connectivity index (χ2v) is 5.17. The largest absolute Gasteiger partial charge is 0.481 e. The van der Waals surface area contributed by atoms with Gasteiger partial charge in [-0.25, -0.2) is 8.78 Å². The van der Waals surface area contributed by atoms with Crippen molar-refractivity contribution in [3.8, 4) is 0 Å². The van der Waals surface area contributed by atoms with Crippen LogP contribution in [0.4, 0.5) is 8.78 Å². The van der Waals surface area contributed by atoms with Crippen LogP contribution >= 0.6 is 11.8 Å². The van der Waals surface area contributed by atoms with Crippen molar-refractivity contribution in [2.75, 3.05) is 6.26 Å². The quantitative estimate of drug-likeness (QED) is 0.843. The fourth-order valence-electron chi connectivity index (χ4n) is 2.08. The Hall–Kier alpha value is -1.10. The minimum Gasteiger partial charge on any atom is -0.481 e. The van der Waals surface area contributed by atoms with E-state index in [4.69, 9.17) is 5.11 Å². The van der Waals surface area contributed by atoms with E-state index in [1.165, 1.54) is 0 Å². The van der Waals surface area contributed by atoms with E-state index in [-0.39, 0.29) is 16.9 Å². The lowest BCUT2D eigenvalue weighted by Gasteiger charge is -2.15. The number of halogens is 2. The summed E-state index contributed by atoms with van der Waals surface area (Å²) in [7, 11) is 0. The molecule has 0 aliphatic heterocycles. The molecule has 0 atom stereocenters. The van der Waals surface area contributed by atoms with Crippen LogP contribution in [0.15, 0.2) is 17.0 Å². The summed E-state index contributed by atoms with van der Waals surface area (Å²) in [4.78, 5) is 11.0. The van der Waals surface area contributed by atoms with Crippen LogP contribution in [-0.4, -0.2) is 17.3 Å². The van der Waals surface area contributed by atoms with E-state index in [1.807, 2.05) is 0 Å². The summed E-state index contributed by atoms with van der Waals surface area (Å²) < 4.78 is 27.4. The van der Waals surface area contributed by atoms with Crippen LogP contribution < -0.4 is 0 Å². The van der Waals surface area contributed by atoms with Gasteiger partial charge in [0.2, 0.25) is 0 Å². The fraction of sp³-hybridized carbons (Fsp3) is 0.417. The lowest BCUT2D eigenvalue weighted by atomic mass is 9.92. The van der Waals surface area contributed by atoms with Crippen LogP contribution in [0.5, 0.6) is 0 Å². The smallest absolute Gasteiger partial charge is 0.304 e. The maximum absolute atomic E-state index is 14.1. The van der Waals surface area contributed by atoms with Crippen molar-refractivity contribution in [1.29, 1.82) is 0 Å². The lowest BCUT2D eigenvalue weighted by Crippen LogP contribution is -2.15. The van der Waals surface area contributed by atoms with E-state index in [0.29, 0.717) is 12.8 Å². The molecular formula is C12H12F2O2S. The molecule has 2 nitrogen and oxygen atoms in total. The molecule has 2 rings (SSSR count). The summed E-state index contributed by atoms with van der Waals surface area (Å²) in [6, 6.07) is 2.27. The van der Waals surface area contributed by atoms with Crippen molar-refractivity contribution in [1.82, 2.24) is 0 Å². The van der Waals surface area contributed by atoms with Gasteiger partial charge in [0.1, 0.15) is 11.6 Å². The Kier molecular flexibility index (Phi) is 3.12. The number of carbonyl (C=O) groups is 1. The lowest BCUT2D eigenvalue weighted by molar-refractivity contribution is -0.137. The van der Waals surface area contributed by atoms with Crippen LogP contribution in [0.2, 0.25) is 0 Å². The van der Waals surface area contributed by atoms with Crippen LogP contribution in [0.3, 0.4) is 0 Å². The standard InChI is InChI=1S/C12H12F2O2S/c1-17-9-5-7(13)4-8(11(9)14)12(2-3-12)6-10(15)16/h4-5H,2-3,6H2,1H3,(H,15,16). The van der Waals surface area contributed by atoms with Gasteiger partial charge < -0.3 is 5.11 Å². The van der Waals surface area contributed by atoms with Gasteiger partial charge in [0.15, 0.2) is 0 Å². The van der Waals surface area contributed by atoms with Crippen molar-refractivity contribution in [3.05, 3.63) is 29.3 Å². The third-order valence-corrected chi connectivity index (χ3v) is 3.88. The molecule has 17 heavy (non-hydrogen) atoms. The summed E-state index contributed by atoms with van der Waals surface area (Å²) in [6.07, 6.45) is 2.74. The second-order valence-electron chi connectivity index (χ2n) is 4.32. The Morgan fingerprint density at radius 3 is 2.59 bits per heavy atom. The topological polar surface area (TPSA) is 37.3 Å². The van der Waals surface area contributed by atoms with Crippen LogP contribution in [0.1, 0.15) is 24.8 Å². The highest BCUT2D eigenvalue weighted by molar-refractivity contribution is 7.98. The number of benzene rings is 1. The predicted molar refractivity (Wildman–Crippen MR) is 61.3 cm³/mol. The van der Waals surface area contributed by atoms with E-state index in [0.717, 1.165) is 23.9 Å². The maximum Gasteiger partial charge on any atom is 0.304 e. The molecule has 92 valence electrons. The zero-order valence-corrected chi connectivity index (χ0v) is 10.1. The van der Waals surface area contributed by atoms with E-state index in [1.54, 1.807) is 6.26 Å². The molecule has 1 saturated carbocycles. The number of aliphatic carboxylic acids is 1. The molecule has 1 N–H and O–H groups in total. The molecule has 0 bridgehead atoms. The monoisotopic (exact) mass is 258 g/mol. The minimum atomic E-state index is -0.975. The molecule has 0 unspecified atom stereocenters. The van der Waals surface area contributed by atoms with Gasteiger partial charge in [0.25, 0.3) is 0 Å². The minimum absolute atomic E-state index is 0.138. The third kappa shape index (κ3) is 2.29. The summed E-state index contributed by atoms with van der Waals surface area (Å²) in [5, 5.41) is 8.82. The summed E-state index contributed by atoms with van der Waals surface area (Å²) in [5.41, 5.74) is -0.480. The van der Waals surface area contributed by atoms with E-state index in [9.17, 15) is 13.6 Å². The molecule has 1 aliphatic rings. The molecule has 1 aromatic rings. The molecule has 0 amide bonds. The Morgan fingerprint density at radius 1 is 1.47 bits per heavy atom. The predicted octanol–water partition coefficient (Wildman–Crippen LogP) is 3.19. The zero-order valence-electron chi connectivity index (χ0n) is 9.30. The highest BCUT2D eigenvalue weighted by atomic mass is 32.2. The first-order valence-corrected chi connectivity index (χ1v) is 6.46. The van der Waals surface area contributed by atoms with E-state index >= 15 is 0 Å². The second kappa shape index (κ2) is 4.29. The molecule has 1 fully saturated rings. The van der Waals surface area contributed by atoms with Crippen molar-refractivity contribution in [2.24, 2.45) is 0 Å². The van der Waals surface area contributed by atoms with Gasteiger partial charge in [-0.05, 0) is 36.8 Å². The highest BCUT2D eigenvalue weighted by Gasteiger charge is 2.48. The Labute approximate surface area is 102 Å². The Bertz CT molecular complexity index is 470. The van der Waals surface area contributed by atoms with Crippen molar-refractivity contribution >= 4 is 17.7 Å². The SMILES string of the molecule is CSc1cc(F)cc(C2(CC(=O)O)CC2)c1F. The molecule has 1 aromatic carbocycles. The van der Waals surface area contributed by atoms with Gasteiger partial charge in [-0.3, -0.25) is 4.79 Å². The van der Waals surface area contributed by atoms with Crippen LogP contribution in [0.25, 0.3) is 0 Å². The van der Waals surface area contributed by atoms with E-state index in [2.05, 4.69) is 0 Å². The molecule has 0 spiro atoms. The average molecular weight is 258 g/mol. The first kappa shape index (κ1) is 12.4. The number of carboxylic acids is 1. The average Bonchev–Trinajstić information content (AvgIpc) is 3.00. The molecule has 0 aromatic heterocycles. The van der Waals surface area contributed by atoms with Crippen LogP contribution in [-0.2, 0) is 10.2 Å². The third-order valence-electron chi connectivity index (χ3n) is 3.14. The summed E-state index contributed by atoms with van der Waals surface area (Å²) in [5.74, 6) is -1.96. The molecule has 0 saturated heterocycles. The van der Waals surface area contributed by atoms with Gasteiger partial charge in [-0.15, -0.1) is 11.8 Å². The molecule has 0 heterocycles. The van der Waals surface area contributed by atoms with Gasteiger partial charge in [-0.2, -0.15) is 0 Å². The number of carboxylic acid groups (broad SMARTS) is 1. The van der Waals surface area contributed by atoms with Crippen molar-refractivity contribution in [2.45, 2.75) is 29.6 Å². The number of hydrogen-bond donors (Lipinski definition) is 1. The highest BCUT2D eigenvalue weighted by Crippen LogP contribution is 2.52. The molecule has 1 aliphatic carbocycles. The van der Waals surface area contributed by atoms with Crippen molar-refractivity contribution in [3.63, 3.8) is 0 Å². The number of hydrogen-bond acceptors (Lipinski definition) is 2. The van der Waals surface area contributed by atoms with Crippen LogP contribution in [0, 0.1) is 11.6 Å². The van der Waals surface area contributed by atoms with Crippen molar-refractivity contribution < 1.29 is 18.7 Å². The maximum atomic E-state index is 14.1.